The second-order valence-corrected chi connectivity index (χ2v) is 2.14. The molecule has 0 aromatic heterocycles. The summed E-state index contributed by atoms with van der Waals surface area (Å²) in [4.78, 5) is 15.3. The van der Waals surface area contributed by atoms with E-state index in [-0.39, 0.29) is 12.3 Å². The van der Waals surface area contributed by atoms with Crippen LogP contribution in [0.25, 0.3) is 0 Å². The molecular formula is C6H11NO4. The van der Waals surface area contributed by atoms with Crippen LogP contribution in [0.2, 0.25) is 0 Å². The van der Waals surface area contributed by atoms with E-state index in [9.17, 15) is 4.79 Å². The zero-order chi connectivity index (χ0) is 8.10. The maximum Gasteiger partial charge on any atom is 0.248 e. The van der Waals surface area contributed by atoms with Crippen LogP contribution in [-0.2, 0) is 19.1 Å². The predicted molar refractivity (Wildman–Crippen MR) is 35.5 cm³/mol. The quantitative estimate of drug-likeness (QED) is 0.561. The molecule has 1 saturated heterocycles. The third kappa shape index (κ3) is 2.83. The van der Waals surface area contributed by atoms with Gasteiger partial charge in [-0.1, -0.05) is 0 Å². The number of rotatable bonds is 4. The first-order chi connectivity index (χ1) is 5.33. The molecule has 11 heavy (non-hydrogen) atoms. The van der Waals surface area contributed by atoms with E-state index in [0.29, 0.717) is 13.2 Å². The van der Waals surface area contributed by atoms with E-state index in [2.05, 4.69) is 5.48 Å². The van der Waals surface area contributed by atoms with Gasteiger partial charge in [0.2, 0.25) is 5.91 Å². The molecule has 0 radical (unpaired) electrons. The highest BCUT2D eigenvalue weighted by Gasteiger charge is 2.22. The fourth-order valence-corrected chi connectivity index (χ4v) is 0.722. The maximum atomic E-state index is 10.5. The lowest BCUT2D eigenvalue weighted by atomic mass is 10.4. The number of nitrogens with one attached hydrogen (secondary N) is 1. The lowest BCUT2D eigenvalue weighted by molar-refractivity contribution is -0.151. The molecule has 1 unspecified atom stereocenters. The smallest absolute Gasteiger partial charge is 0.248 e. The molecule has 1 atom stereocenters. The third-order valence-electron chi connectivity index (χ3n) is 1.25. The van der Waals surface area contributed by atoms with E-state index in [1.807, 2.05) is 0 Å². The van der Waals surface area contributed by atoms with Gasteiger partial charge in [0.1, 0.15) is 0 Å². The van der Waals surface area contributed by atoms with E-state index < -0.39 is 6.29 Å². The van der Waals surface area contributed by atoms with Gasteiger partial charge in [0.05, 0.1) is 19.6 Å². The van der Waals surface area contributed by atoms with Crippen molar-refractivity contribution in [3.8, 4) is 0 Å². The van der Waals surface area contributed by atoms with E-state index in [1.165, 1.54) is 0 Å². The van der Waals surface area contributed by atoms with Gasteiger partial charge in [-0.2, -0.15) is 0 Å². The highest BCUT2D eigenvalue weighted by molar-refractivity contribution is 5.76. The molecule has 64 valence electrons. The van der Waals surface area contributed by atoms with Crippen molar-refractivity contribution in [2.45, 2.75) is 12.7 Å². The fraction of sp³-hybridized carbons (Fsp3) is 0.833. The van der Waals surface area contributed by atoms with Crippen LogP contribution in [0, 0.1) is 0 Å². The molecule has 1 amide bonds. The standard InChI is InChI=1S/C6H11NO4/c1-9-2-3-10-6-4-5(8)7-11-6/h6H,2-4H2,1H3,(H,7,8). The van der Waals surface area contributed by atoms with Gasteiger partial charge >= 0.3 is 0 Å². The number of hydrogen-bond acceptors (Lipinski definition) is 4. The Hall–Kier alpha value is -0.650. The average molecular weight is 161 g/mol. The fourth-order valence-electron chi connectivity index (χ4n) is 0.722. The number of ether oxygens (including phenoxy) is 2. The normalized spacial score (nSPS) is 23.7. The number of carbonyl (C=O) groups excluding carboxylic acids is 1. The highest BCUT2D eigenvalue weighted by Crippen LogP contribution is 2.05. The molecule has 1 rings (SSSR count). The Bertz CT molecular complexity index is 139. The summed E-state index contributed by atoms with van der Waals surface area (Å²) in [5.41, 5.74) is 2.19. The van der Waals surface area contributed by atoms with Crippen LogP contribution in [0.3, 0.4) is 0 Å². The number of carbonyl (C=O) groups is 1. The Morgan fingerprint density at radius 3 is 3.09 bits per heavy atom. The number of methoxy groups -OCH3 is 1. The Labute approximate surface area is 64.6 Å². The summed E-state index contributed by atoms with van der Waals surface area (Å²) in [6.07, 6.45) is -0.179. The molecule has 0 aromatic carbocycles. The van der Waals surface area contributed by atoms with Crippen molar-refractivity contribution >= 4 is 5.91 Å². The van der Waals surface area contributed by atoms with Crippen molar-refractivity contribution in [2.24, 2.45) is 0 Å². The van der Waals surface area contributed by atoms with Crippen molar-refractivity contribution in [1.82, 2.24) is 5.48 Å². The van der Waals surface area contributed by atoms with Crippen molar-refractivity contribution < 1.29 is 19.1 Å². The summed E-state index contributed by atoms with van der Waals surface area (Å²) >= 11 is 0. The summed E-state index contributed by atoms with van der Waals surface area (Å²) in [5.74, 6) is -0.146. The Kier molecular flexibility index (Phi) is 3.28. The molecule has 5 heteroatoms. The maximum absolute atomic E-state index is 10.5. The van der Waals surface area contributed by atoms with Crippen molar-refractivity contribution in [3.63, 3.8) is 0 Å². The first kappa shape index (κ1) is 8.45. The lowest BCUT2D eigenvalue weighted by Crippen LogP contribution is -2.16. The van der Waals surface area contributed by atoms with E-state index in [4.69, 9.17) is 14.3 Å². The number of hydrogen-bond donors (Lipinski definition) is 1. The van der Waals surface area contributed by atoms with Crippen LogP contribution < -0.4 is 5.48 Å². The number of amides is 1. The minimum Gasteiger partial charge on any atom is -0.382 e. The molecule has 0 saturated carbocycles. The highest BCUT2D eigenvalue weighted by atomic mass is 16.8. The SMILES string of the molecule is COCCOC1CC(=O)NO1. The second-order valence-electron chi connectivity index (χ2n) is 2.14. The van der Waals surface area contributed by atoms with Crippen LogP contribution in [0.15, 0.2) is 0 Å². The molecule has 1 fully saturated rings. The van der Waals surface area contributed by atoms with Gasteiger partial charge in [0.15, 0.2) is 6.29 Å². The molecule has 1 N–H and O–H groups in total. The zero-order valence-corrected chi connectivity index (χ0v) is 6.33. The minimum absolute atomic E-state index is 0.146. The minimum atomic E-state index is -0.447. The lowest BCUT2D eigenvalue weighted by Gasteiger charge is -2.06. The van der Waals surface area contributed by atoms with E-state index in [1.54, 1.807) is 7.11 Å². The summed E-state index contributed by atoms with van der Waals surface area (Å²) in [7, 11) is 1.59. The van der Waals surface area contributed by atoms with Gasteiger partial charge < -0.3 is 9.47 Å². The second kappa shape index (κ2) is 4.27. The Morgan fingerprint density at radius 1 is 1.73 bits per heavy atom. The summed E-state index contributed by atoms with van der Waals surface area (Å²) < 4.78 is 9.83. The summed E-state index contributed by atoms with van der Waals surface area (Å²) in [6.45, 7) is 0.949. The molecule has 1 aliphatic heterocycles. The molecule has 0 bridgehead atoms. The van der Waals surface area contributed by atoms with Crippen molar-refractivity contribution in [1.29, 1.82) is 0 Å². The number of hydroxylamine groups is 1. The van der Waals surface area contributed by atoms with Crippen molar-refractivity contribution in [2.75, 3.05) is 20.3 Å². The molecule has 0 aromatic rings. The van der Waals surface area contributed by atoms with E-state index >= 15 is 0 Å². The first-order valence-electron chi connectivity index (χ1n) is 3.38. The molecule has 1 heterocycles. The molecule has 0 aliphatic carbocycles. The molecule has 0 spiro atoms. The van der Waals surface area contributed by atoms with Crippen LogP contribution in [0.4, 0.5) is 0 Å². The Balaban J connectivity index is 2.04. The van der Waals surface area contributed by atoms with Gasteiger partial charge in [0.25, 0.3) is 0 Å². The van der Waals surface area contributed by atoms with E-state index in [0.717, 1.165) is 0 Å². The monoisotopic (exact) mass is 161 g/mol. The largest absolute Gasteiger partial charge is 0.382 e. The van der Waals surface area contributed by atoms with Gasteiger partial charge in [0, 0.05) is 7.11 Å². The average Bonchev–Trinajstić information content (AvgIpc) is 2.37. The Morgan fingerprint density at radius 2 is 2.55 bits per heavy atom. The molecule has 5 nitrogen and oxygen atoms in total. The van der Waals surface area contributed by atoms with Crippen LogP contribution >= 0.6 is 0 Å². The van der Waals surface area contributed by atoms with Crippen LogP contribution in [0.5, 0.6) is 0 Å². The van der Waals surface area contributed by atoms with Gasteiger partial charge in [-0.25, -0.2) is 10.3 Å². The zero-order valence-electron chi connectivity index (χ0n) is 6.33. The summed E-state index contributed by atoms with van der Waals surface area (Å²) in [5, 5.41) is 0. The predicted octanol–water partition coefficient (Wildman–Crippen LogP) is -0.573. The summed E-state index contributed by atoms with van der Waals surface area (Å²) in [6, 6.07) is 0. The van der Waals surface area contributed by atoms with Crippen LogP contribution in [-0.4, -0.2) is 32.5 Å². The first-order valence-corrected chi connectivity index (χ1v) is 3.38. The molecular weight excluding hydrogens is 150 g/mol. The van der Waals surface area contributed by atoms with Crippen LogP contribution in [0.1, 0.15) is 6.42 Å². The van der Waals surface area contributed by atoms with Gasteiger partial charge in [-0.05, 0) is 0 Å². The van der Waals surface area contributed by atoms with Gasteiger partial charge in [-0.15, -0.1) is 0 Å². The molecule has 1 aliphatic rings. The van der Waals surface area contributed by atoms with Gasteiger partial charge in [-0.3, -0.25) is 4.79 Å². The third-order valence-corrected chi connectivity index (χ3v) is 1.25. The van der Waals surface area contributed by atoms with Crippen molar-refractivity contribution in [3.05, 3.63) is 0 Å². The topological polar surface area (TPSA) is 56.8 Å².